The lowest BCUT2D eigenvalue weighted by Crippen LogP contribution is -2.20. The van der Waals surface area contributed by atoms with E-state index in [9.17, 15) is 18.8 Å². The molecule has 2 aromatic carbocycles. The summed E-state index contributed by atoms with van der Waals surface area (Å²) in [7, 11) is 1.27. The van der Waals surface area contributed by atoms with Crippen LogP contribution in [0, 0.1) is 17.7 Å². The summed E-state index contributed by atoms with van der Waals surface area (Å²) in [5, 5.41) is 5.22. The average molecular weight is 391 g/mol. The molecule has 2 unspecified atom stereocenters. The van der Waals surface area contributed by atoms with Crippen LogP contribution in [-0.2, 0) is 14.3 Å². The number of esters is 1. The summed E-state index contributed by atoms with van der Waals surface area (Å²) >= 11 is 5.68. The van der Waals surface area contributed by atoms with Gasteiger partial charge in [0, 0.05) is 11.4 Å². The van der Waals surface area contributed by atoms with Gasteiger partial charge in [-0.2, -0.15) is 0 Å². The molecule has 2 amide bonds. The van der Waals surface area contributed by atoms with E-state index >= 15 is 0 Å². The summed E-state index contributed by atoms with van der Waals surface area (Å²) < 4.78 is 17.8. The molecular weight excluding hydrogens is 375 g/mol. The first-order valence-electron chi connectivity index (χ1n) is 8.14. The number of carbonyl (C=O) groups is 3. The van der Waals surface area contributed by atoms with E-state index in [1.165, 1.54) is 25.3 Å². The predicted octanol–water partition coefficient (Wildman–Crippen LogP) is 3.48. The van der Waals surface area contributed by atoms with E-state index in [1.807, 2.05) is 0 Å². The van der Waals surface area contributed by atoms with Crippen molar-refractivity contribution < 1.29 is 23.5 Å². The molecule has 6 nitrogen and oxygen atoms in total. The van der Waals surface area contributed by atoms with Crippen molar-refractivity contribution in [3.05, 3.63) is 58.9 Å². The molecule has 140 valence electrons. The maximum Gasteiger partial charge on any atom is 0.337 e. The number of rotatable bonds is 5. The smallest absolute Gasteiger partial charge is 0.337 e. The summed E-state index contributed by atoms with van der Waals surface area (Å²) in [5.74, 6) is -2.67. The Kier molecular flexibility index (Phi) is 5.41. The second kappa shape index (κ2) is 7.75. The van der Waals surface area contributed by atoms with Gasteiger partial charge >= 0.3 is 5.97 Å². The molecule has 27 heavy (non-hydrogen) atoms. The van der Waals surface area contributed by atoms with Crippen molar-refractivity contribution >= 4 is 40.8 Å². The minimum atomic E-state index is -0.576. The Hall–Kier alpha value is -2.93. The highest BCUT2D eigenvalue weighted by atomic mass is 35.5. The minimum absolute atomic E-state index is 0.0941. The summed E-state index contributed by atoms with van der Waals surface area (Å²) in [5.41, 5.74) is 1.12. The minimum Gasteiger partial charge on any atom is -0.465 e. The molecule has 1 fully saturated rings. The highest BCUT2D eigenvalue weighted by molar-refractivity contribution is 6.31. The largest absolute Gasteiger partial charge is 0.465 e. The fraction of sp³-hybridized carbons (Fsp3) is 0.211. The van der Waals surface area contributed by atoms with Crippen LogP contribution < -0.4 is 10.6 Å². The molecule has 0 radical (unpaired) electrons. The van der Waals surface area contributed by atoms with Crippen molar-refractivity contribution in [3.8, 4) is 0 Å². The number of anilines is 2. The molecule has 1 aliphatic rings. The highest BCUT2D eigenvalue weighted by Gasteiger charge is 2.48. The Labute approximate surface area is 159 Å². The Morgan fingerprint density at radius 1 is 1.04 bits per heavy atom. The van der Waals surface area contributed by atoms with Gasteiger partial charge in [0.05, 0.1) is 29.5 Å². The van der Waals surface area contributed by atoms with Crippen LogP contribution in [0.25, 0.3) is 0 Å². The van der Waals surface area contributed by atoms with Gasteiger partial charge in [-0.25, -0.2) is 9.18 Å². The third kappa shape index (κ3) is 4.43. The number of hydrogen-bond acceptors (Lipinski definition) is 4. The zero-order valence-corrected chi connectivity index (χ0v) is 15.0. The summed E-state index contributed by atoms with van der Waals surface area (Å²) in [6.07, 6.45) is 0.406. The van der Waals surface area contributed by atoms with Gasteiger partial charge in [0.2, 0.25) is 11.8 Å². The second-order valence-corrected chi connectivity index (χ2v) is 6.54. The van der Waals surface area contributed by atoms with Gasteiger partial charge in [0.25, 0.3) is 0 Å². The fourth-order valence-electron chi connectivity index (χ4n) is 2.66. The Balaban J connectivity index is 1.58. The van der Waals surface area contributed by atoms with Gasteiger partial charge in [0.15, 0.2) is 0 Å². The number of methoxy groups -OCH3 is 1. The van der Waals surface area contributed by atoms with Crippen LogP contribution in [-0.4, -0.2) is 24.9 Å². The van der Waals surface area contributed by atoms with Crippen molar-refractivity contribution in [1.82, 2.24) is 0 Å². The predicted molar refractivity (Wildman–Crippen MR) is 98.0 cm³/mol. The van der Waals surface area contributed by atoms with E-state index in [4.69, 9.17) is 11.6 Å². The van der Waals surface area contributed by atoms with E-state index < -0.39 is 23.6 Å². The SMILES string of the molecule is COC(=O)c1cccc(NC(=O)C2CC2C(=O)Nc2ccc(F)c(Cl)c2)c1. The molecule has 2 aromatic rings. The standard InChI is InChI=1S/C19H16ClFN2O4/c1-27-19(26)10-3-2-4-11(7-10)22-17(24)13-9-14(13)18(25)23-12-5-6-16(21)15(20)8-12/h2-8,13-14H,9H2,1H3,(H,22,24)(H,23,25). The van der Waals surface area contributed by atoms with Crippen molar-refractivity contribution in [2.75, 3.05) is 17.7 Å². The average Bonchev–Trinajstić information content (AvgIpc) is 3.45. The summed E-state index contributed by atoms with van der Waals surface area (Å²) in [6, 6.07) is 10.2. The summed E-state index contributed by atoms with van der Waals surface area (Å²) in [4.78, 5) is 36.1. The lowest BCUT2D eigenvalue weighted by atomic mass is 10.2. The van der Waals surface area contributed by atoms with Gasteiger partial charge in [-0.3, -0.25) is 9.59 Å². The zero-order valence-electron chi connectivity index (χ0n) is 14.3. The first-order chi connectivity index (χ1) is 12.9. The fourth-order valence-corrected chi connectivity index (χ4v) is 2.84. The molecule has 1 saturated carbocycles. The Bertz CT molecular complexity index is 918. The number of carbonyl (C=O) groups excluding carboxylic acids is 3. The van der Waals surface area contributed by atoms with Crippen LogP contribution in [0.1, 0.15) is 16.8 Å². The van der Waals surface area contributed by atoms with Crippen molar-refractivity contribution in [2.45, 2.75) is 6.42 Å². The van der Waals surface area contributed by atoms with E-state index in [-0.39, 0.29) is 16.8 Å². The summed E-state index contributed by atoms with van der Waals surface area (Å²) in [6.45, 7) is 0. The van der Waals surface area contributed by atoms with Crippen LogP contribution in [0.5, 0.6) is 0 Å². The van der Waals surface area contributed by atoms with Crippen molar-refractivity contribution in [3.63, 3.8) is 0 Å². The highest BCUT2D eigenvalue weighted by Crippen LogP contribution is 2.40. The molecule has 3 rings (SSSR count). The maximum absolute atomic E-state index is 13.2. The lowest BCUT2D eigenvalue weighted by molar-refractivity contribution is -0.122. The number of hydrogen-bond donors (Lipinski definition) is 2. The van der Waals surface area contributed by atoms with Crippen LogP contribution in [0.2, 0.25) is 5.02 Å². The van der Waals surface area contributed by atoms with E-state index in [0.29, 0.717) is 23.4 Å². The van der Waals surface area contributed by atoms with Gasteiger partial charge in [0.1, 0.15) is 5.82 Å². The van der Waals surface area contributed by atoms with Gasteiger partial charge in [-0.05, 0) is 42.8 Å². The number of nitrogens with one attached hydrogen (secondary N) is 2. The zero-order chi connectivity index (χ0) is 19.6. The van der Waals surface area contributed by atoms with Crippen LogP contribution in [0.3, 0.4) is 0 Å². The van der Waals surface area contributed by atoms with Gasteiger partial charge in [-0.1, -0.05) is 17.7 Å². The second-order valence-electron chi connectivity index (χ2n) is 6.13. The van der Waals surface area contributed by atoms with Gasteiger partial charge in [-0.15, -0.1) is 0 Å². The maximum atomic E-state index is 13.2. The van der Waals surface area contributed by atoms with E-state index in [0.717, 1.165) is 6.07 Å². The molecule has 2 atom stereocenters. The van der Waals surface area contributed by atoms with E-state index in [1.54, 1.807) is 18.2 Å². The molecule has 2 N–H and O–H groups in total. The van der Waals surface area contributed by atoms with Gasteiger partial charge < -0.3 is 15.4 Å². The first-order valence-corrected chi connectivity index (χ1v) is 8.52. The number of amides is 2. The normalized spacial score (nSPS) is 17.7. The number of halogens is 2. The van der Waals surface area contributed by atoms with E-state index in [2.05, 4.69) is 15.4 Å². The Morgan fingerprint density at radius 2 is 1.67 bits per heavy atom. The molecule has 0 heterocycles. The van der Waals surface area contributed by atoms with Crippen LogP contribution in [0.4, 0.5) is 15.8 Å². The molecule has 0 bridgehead atoms. The van der Waals surface area contributed by atoms with Crippen molar-refractivity contribution in [1.29, 1.82) is 0 Å². The molecule has 0 saturated heterocycles. The molecule has 1 aliphatic carbocycles. The lowest BCUT2D eigenvalue weighted by Gasteiger charge is -2.08. The Morgan fingerprint density at radius 3 is 2.26 bits per heavy atom. The number of benzene rings is 2. The number of ether oxygens (including phenoxy) is 1. The van der Waals surface area contributed by atoms with Crippen LogP contribution in [0.15, 0.2) is 42.5 Å². The molecule has 8 heteroatoms. The molecular formula is C19H16ClFN2O4. The third-order valence-corrected chi connectivity index (χ3v) is 4.49. The topological polar surface area (TPSA) is 84.5 Å². The third-order valence-electron chi connectivity index (χ3n) is 4.20. The molecule has 0 aliphatic heterocycles. The quantitative estimate of drug-likeness (QED) is 0.765. The monoisotopic (exact) mass is 390 g/mol. The van der Waals surface area contributed by atoms with Crippen LogP contribution >= 0.6 is 11.6 Å². The van der Waals surface area contributed by atoms with Crippen molar-refractivity contribution in [2.24, 2.45) is 11.8 Å². The first kappa shape index (κ1) is 18.8. The molecule has 0 spiro atoms. The molecule has 0 aromatic heterocycles.